The summed E-state index contributed by atoms with van der Waals surface area (Å²) in [5, 5.41) is 3.61. The average Bonchev–Trinajstić information content (AvgIpc) is 2.86. The van der Waals surface area contributed by atoms with Gasteiger partial charge in [0.1, 0.15) is 0 Å². The minimum Gasteiger partial charge on any atom is -0.349 e. The van der Waals surface area contributed by atoms with Crippen molar-refractivity contribution in [3.8, 4) is 0 Å². The Bertz CT molecular complexity index is 473. The minimum atomic E-state index is 0.513. The van der Waals surface area contributed by atoms with E-state index in [0.29, 0.717) is 6.04 Å². The SMILES string of the molecule is c1ccc(CC[C@H]2NCCn3cccc32)cc1. The third-order valence-electron chi connectivity index (χ3n) is 3.53. The van der Waals surface area contributed by atoms with Crippen molar-refractivity contribution in [1.82, 2.24) is 9.88 Å². The van der Waals surface area contributed by atoms with E-state index in [-0.39, 0.29) is 0 Å². The molecule has 2 heterocycles. The Kier molecular flexibility index (Phi) is 2.97. The molecule has 17 heavy (non-hydrogen) atoms. The summed E-state index contributed by atoms with van der Waals surface area (Å²) >= 11 is 0. The van der Waals surface area contributed by atoms with Crippen LogP contribution in [0.3, 0.4) is 0 Å². The van der Waals surface area contributed by atoms with Gasteiger partial charge in [0.2, 0.25) is 0 Å². The first-order chi connectivity index (χ1) is 8.43. The van der Waals surface area contributed by atoms with E-state index in [1.54, 1.807) is 0 Å². The van der Waals surface area contributed by atoms with Gasteiger partial charge in [-0.1, -0.05) is 30.3 Å². The van der Waals surface area contributed by atoms with Gasteiger partial charge in [-0.15, -0.1) is 0 Å². The van der Waals surface area contributed by atoms with E-state index in [0.717, 1.165) is 19.5 Å². The summed E-state index contributed by atoms with van der Waals surface area (Å²) in [4.78, 5) is 0. The summed E-state index contributed by atoms with van der Waals surface area (Å²) in [6.07, 6.45) is 4.50. The zero-order chi connectivity index (χ0) is 11.5. The van der Waals surface area contributed by atoms with Crippen molar-refractivity contribution >= 4 is 0 Å². The van der Waals surface area contributed by atoms with Crippen LogP contribution in [-0.2, 0) is 13.0 Å². The summed E-state index contributed by atoms with van der Waals surface area (Å²) in [5.74, 6) is 0. The van der Waals surface area contributed by atoms with Crippen molar-refractivity contribution in [3.63, 3.8) is 0 Å². The number of rotatable bonds is 3. The third-order valence-corrected chi connectivity index (χ3v) is 3.53. The van der Waals surface area contributed by atoms with Gasteiger partial charge >= 0.3 is 0 Å². The molecule has 0 bridgehead atoms. The Morgan fingerprint density at radius 1 is 1.12 bits per heavy atom. The lowest BCUT2D eigenvalue weighted by molar-refractivity contribution is 0.406. The predicted octanol–water partition coefficient (Wildman–Crippen LogP) is 2.77. The fourth-order valence-electron chi connectivity index (χ4n) is 2.62. The molecule has 1 N–H and O–H groups in total. The number of aryl methyl sites for hydroxylation is 1. The highest BCUT2D eigenvalue weighted by Gasteiger charge is 2.18. The number of hydrogen-bond donors (Lipinski definition) is 1. The van der Waals surface area contributed by atoms with Gasteiger partial charge in [0.15, 0.2) is 0 Å². The van der Waals surface area contributed by atoms with Crippen molar-refractivity contribution < 1.29 is 0 Å². The topological polar surface area (TPSA) is 17.0 Å². The summed E-state index contributed by atoms with van der Waals surface area (Å²) in [6.45, 7) is 2.19. The van der Waals surface area contributed by atoms with Crippen LogP contribution >= 0.6 is 0 Å². The van der Waals surface area contributed by atoms with Crippen molar-refractivity contribution in [2.45, 2.75) is 25.4 Å². The molecular formula is C15H18N2. The number of nitrogens with one attached hydrogen (secondary N) is 1. The molecule has 0 unspecified atom stereocenters. The first-order valence-electron chi connectivity index (χ1n) is 6.36. The largest absolute Gasteiger partial charge is 0.349 e. The Balaban J connectivity index is 1.68. The van der Waals surface area contributed by atoms with Crippen LogP contribution < -0.4 is 5.32 Å². The zero-order valence-corrected chi connectivity index (χ0v) is 9.97. The lowest BCUT2D eigenvalue weighted by atomic mass is 10.0. The van der Waals surface area contributed by atoms with Crippen molar-refractivity contribution in [2.75, 3.05) is 6.54 Å². The lowest BCUT2D eigenvalue weighted by Gasteiger charge is -2.26. The number of hydrogen-bond acceptors (Lipinski definition) is 1. The Morgan fingerprint density at radius 3 is 2.88 bits per heavy atom. The highest BCUT2D eigenvalue weighted by molar-refractivity contribution is 5.18. The van der Waals surface area contributed by atoms with Crippen LogP contribution in [0.2, 0.25) is 0 Å². The van der Waals surface area contributed by atoms with E-state index in [4.69, 9.17) is 0 Å². The standard InChI is InChI=1S/C15H18N2/c1-2-5-13(6-3-1)8-9-14-15-7-4-11-17(15)12-10-16-14/h1-7,11,14,16H,8-10,12H2/t14-/m1/s1. The molecule has 1 aromatic heterocycles. The van der Waals surface area contributed by atoms with Gasteiger partial charge in [-0.05, 0) is 30.5 Å². The molecule has 0 saturated carbocycles. The molecule has 2 nitrogen and oxygen atoms in total. The van der Waals surface area contributed by atoms with Gasteiger partial charge in [-0.3, -0.25) is 0 Å². The molecule has 0 amide bonds. The van der Waals surface area contributed by atoms with Crippen LogP contribution in [0.5, 0.6) is 0 Å². The first kappa shape index (κ1) is 10.6. The minimum absolute atomic E-state index is 0.513. The summed E-state index contributed by atoms with van der Waals surface area (Å²) < 4.78 is 2.37. The maximum Gasteiger partial charge on any atom is 0.0478 e. The second-order valence-corrected chi connectivity index (χ2v) is 4.66. The molecule has 0 spiro atoms. The van der Waals surface area contributed by atoms with E-state index in [2.05, 4.69) is 58.5 Å². The molecule has 88 valence electrons. The maximum absolute atomic E-state index is 3.61. The highest BCUT2D eigenvalue weighted by atomic mass is 15.1. The second kappa shape index (κ2) is 4.76. The van der Waals surface area contributed by atoms with E-state index >= 15 is 0 Å². The van der Waals surface area contributed by atoms with Gasteiger partial charge in [0, 0.05) is 31.0 Å². The lowest BCUT2D eigenvalue weighted by Crippen LogP contribution is -2.33. The van der Waals surface area contributed by atoms with Crippen LogP contribution in [0.1, 0.15) is 23.7 Å². The Labute approximate surface area is 102 Å². The quantitative estimate of drug-likeness (QED) is 0.851. The molecule has 1 aliphatic heterocycles. The molecule has 1 aromatic carbocycles. The summed E-state index contributed by atoms with van der Waals surface area (Å²) in [5.41, 5.74) is 2.87. The smallest absolute Gasteiger partial charge is 0.0478 e. The molecular weight excluding hydrogens is 208 g/mol. The van der Waals surface area contributed by atoms with Crippen LogP contribution in [0.15, 0.2) is 48.7 Å². The molecule has 0 aliphatic carbocycles. The number of benzene rings is 1. The maximum atomic E-state index is 3.61. The van der Waals surface area contributed by atoms with Crippen LogP contribution in [0, 0.1) is 0 Å². The first-order valence-corrected chi connectivity index (χ1v) is 6.36. The summed E-state index contributed by atoms with van der Waals surface area (Å²) in [7, 11) is 0. The number of fused-ring (bicyclic) bond motifs is 1. The molecule has 2 heteroatoms. The fourth-order valence-corrected chi connectivity index (χ4v) is 2.62. The van der Waals surface area contributed by atoms with Gasteiger partial charge in [0.05, 0.1) is 0 Å². The molecule has 1 atom stereocenters. The zero-order valence-electron chi connectivity index (χ0n) is 9.97. The molecule has 0 fully saturated rings. The van der Waals surface area contributed by atoms with Gasteiger partial charge < -0.3 is 9.88 Å². The van der Waals surface area contributed by atoms with Crippen LogP contribution in [0.25, 0.3) is 0 Å². The molecule has 3 rings (SSSR count). The number of nitrogens with zero attached hydrogens (tertiary/aromatic N) is 1. The fraction of sp³-hybridized carbons (Fsp3) is 0.333. The molecule has 0 radical (unpaired) electrons. The van der Waals surface area contributed by atoms with E-state index in [1.807, 2.05) is 0 Å². The van der Waals surface area contributed by atoms with Gasteiger partial charge in [-0.25, -0.2) is 0 Å². The van der Waals surface area contributed by atoms with Crippen LogP contribution in [0.4, 0.5) is 0 Å². The van der Waals surface area contributed by atoms with Gasteiger partial charge in [0.25, 0.3) is 0 Å². The predicted molar refractivity (Wildman–Crippen MR) is 69.9 cm³/mol. The van der Waals surface area contributed by atoms with Crippen molar-refractivity contribution in [3.05, 3.63) is 59.9 Å². The van der Waals surface area contributed by atoms with Crippen molar-refractivity contribution in [1.29, 1.82) is 0 Å². The molecule has 1 aliphatic rings. The monoisotopic (exact) mass is 226 g/mol. The molecule has 0 saturated heterocycles. The van der Waals surface area contributed by atoms with Crippen LogP contribution in [-0.4, -0.2) is 11.1 Å². The Morgan fingerprint density at radius 2 is 2.00 bits per heavy atom. The normalized spacial score (nSPS) is 18.9. The highest BCUT2D eigenvalue weighted by Crippen LogP contribution is 2.22. The van der Waals surface area contributed by atoms with E-state index in [9.17, 15) is 0 Å². The van der Waals surface area contributed by atoms with E-state index in [1.165, 1.54) is 17.7 Å². The number of aromatic nitrogens is 1. The second-order valence-electron chi connectivity index (χ2n) is 4.66. The average molecular weight is 226 g/mol. The van der Waals surface area contributed by atoms with Gasteiger partial charge in [-0.2, -0.15) is 0 Å². The molecule has 2 aromatic rings. The third kappa shape index (κ3) is 2.27. The van der Waals surface area contributed by atoms with E-state index < -0.39 is 0 Å². The summed E-state index contributed by atoms with van der Waals surface area (Å²) in [6, 6.07) is 15.6. The van der Waals surface area contributed by atoms with Crippen molar-refractivity contribution in [2.24, 2.45) is 0 Å². The Hall–Kier alpha value is -1.54.